The lowest BCUT2D eigenvalue weighted by molar-refractivity contribution is 0.297. The van der Waals surface area contributed by atoms with Gasteiger partial charge in [0.25, 0.3) is 0 Å². The van der Waals surface area contributed by atoms with Gasteiger partial charge in [-0.05, 0) is 45.4 Å². The molecule has 0 fully saturated rings. The van der Waals surface area contributed by atoms with E-state index < -0.39 is 0 Å². The summed E-state index contributed by atoms with van der Waals surface area (Å²) >= 11 is 0. The molecule has 0 spiro atoms. The first-order valence-electron chi connectivity index (χ1n) is 7.69. The summed E-state index contributed by atoms with van der Waals surface area (Å²) in [5, 5.41) is 12.1. The Morgan fingerprint density at radius 2 is 2.05 bits per heavy atom. The molecule has 0 aliphatic carbocycles. The second kappa shape index (κ2) is 7.60. The van der Waals surface area contributed by atoms with Gasteiger partial charge in [0.15, 0.2) is 0 Å². The van der Waals surface area contributed by atoms with E-state index >= 15 is 0 Å². The van der Waals surface area contributed by atoms with Crippen molar-refractivity contribution in [3.05, 3.63) is 11.6 Å². The van der Waals surface area contributed by atoms with E-state index in [0.717, 1.165) is 45.0 Å². The predicted octanol–water partition coefficient (Wildman–Crippen LogP) is 1.44. The Labute approximate surface area is 116 Å². The summed E-state index contributed by atoms with van der Waals surface area (Å²) in [5.41, 5.74) is 0. The maximum Gasteiger partial charge on any atom is 0.147 e. The van der Waals surface area contributed by atoms with Crippen LogP contribution < -0.4 is 5.32 Å². The second-order valence-corrected chi connectivity index (χ2v) is 5.20. The number of rotatable bonds is 8. The van der Waals surface area contributed by atoms with E-state index in [4.69, 9.17) is 0 Å². The Hall–Kier alpha value is -0.940. The predicted molar refractivity (Wildman–Crippen MR) is 77.1 cm³/mol. The van der Waals surface area contributed by atoms with Crippen molar-refractivity contribution >= 4 is 0 Å². The van der Waals surface area contributed by atoms with Gasteiger partial charge in [0, 0.05) is 13.0 Å². The van der Waals surface area contributed by atoms with Crippen LogP contribution in [0.15, 0.2) is 0 Å². The van der Waals surface area contributed by atoms with E-state index in [-0.39, 0.29) is 0 Å². The van der Waals surface area contributed by atoms with Gasteiger partial charge in [-0.3, -0.25) is 0 Å². The van der Waals surface area contributed by atoms with Gasteiger partial charge in [-0.1, -0.05) is 13.8 Å². The number of hydrogen-bond acceptors (Lipinski definition) is 4. The van der Waals surface area contributed by atoms with Gasteiger partial charge in [0.1, 0.15) is 11.6 Å². The van der Waals surface area contributed by atoms with Gasteiger partial charge >= 0.3 is 0 Å². The highest BCUT2D eigenvalue weighted by molar-refractivity contribution is 4.98. The van der Waals surface area contributed by atoms with Gasteiger partial charge in [-0.15, -0.1) is 10.2 Å². The summed E-state index contributed by atoms with van der Waals surface area (Å²) in [6.45, 7) is 10.9. The van der Waals surface area contributed by atoms with Crippen molar-refractivity contribution in [1.82, 2.24) is 25.0 Å². The molecule has 0 aromatic carbocycles. The van der Waals surface area contributed by atoms with E-state index in [2.05, 4.69) is 38.8 Å². The fraction of sp³-hybridized carbons (Fsp3) is 0.857. The third-order valence-electron chi connectivity index (χ3n) is 3.94. The highest BCUT2D eigenvalue weighted by Gasteiger charge is 2.14. The minimum absolute atomic E-state index is 0.852. The van der Waals surface area contributed by atoms with Crippen molar-refractivity contribution in [3.8, 4) is 0 Å². The van der Waals surface area contributed by atoms with Crippen LogP contribution in [0, 0.1) is 0 Å². The first-order chi connectivity index (χ1) is 9.35. The van der Waals surface area contributed by atoms with E-state index in [1.54, 1.807) is 0 Å². The molecule has 0 atom stereocenters. The molecule has 5 nitrogen and oxygen atoms in total. The molecule has 1 aliphatic heterocycles. The van der Waals surface area contributed by atoms with Crippen LogP contribution in [-0.2, 0) is 19.5 Å². The number of aryl methyl sites for hydroxylation is 1. The highest BCUT2D eigenvalue weighted by atomic mass is 15.3. The van der Waals surface area contributed by atoms with E-state index in [1.807, 2.05) is 0 Å². The minimum atomic E-state index is 0.852. The first-order valence-corrected chi connectivity index (χ1v) is 7.69. The highest BCUT2D eigenvalue weighted by Crippen LogP contribution is 2.13. The zero-order valence-corrected chi connectivity index (χ0v) is 12.4. The molecule has 5 heteroatoms. The van der Waals surface area contributed by atoms with Crippen molar-refractivity contribution in [2.75, 3.05) is 26.2 Å². The molecule has 1 aliphatic rings. The molecule has 0 radical (unpaired) electrons. The molecular formula is C14H27N5. The lowest BCUT2D eigenvalue weighted by Gasteiger charge is -2.18. The Bertz CT molecular complexity index is 370. The van der Waals surface area contributed by atoms with Crippen LogP contribution in [0.3, 0.4) is 0 Å². The molecule has 1 aromatic rings. The van der Waals surface area contributed by atoms with Crippen molar-refractivity contribution in [3.63, 3.8) is 0 Å². The van der Waals surface area contributed by atoms with Crippen LogP contribution in [-0.4, -0.2) is 45.8 Å². The van der Waals surface area contributed by atoms with Gasteiger partial charge in [0.2, 0.25) is 0 Å². The molecule has 0 amide bonds. The SMILES string of the molecule is CCN(CC)CCCNCc1nnc2n1CCCC2. The Morgan fingerprint density at radius 1 is 1.21 bits per heavy atom. The molecule has 0 saturated carbocycles. The van der Waals surface area contributed by atoms with Crippen LogP contribution >= 0.6 is 0 Å². The monoisotopic (exact) mass is 265 g/mol. The largest absolute Gasteiger partial charge is 0.314 e. The van der Waals surface area contributed by atoms with Crippen LogP contribution in [0.1, 0.15) is 44.8 Å². The van der Waals surface area contributed by atoms with Crippen LogP contribution in [0.25, 0.3) is 0 Å². The number of nitrogens with one attached hydrogen (secondary N) is 1. The molecule has 2 heterocycles. The molecule has 19 heavy (non-hydrogen) atoms. The molecule has 0 unspecified atom stereocenters. The summed E-state index contributed by atoms with van der Waals surface area (Å²) in [7, 11) is 0. The summed E-state index contributed by atoms with van der Waals surface area (Å²) in [6, 6.07) is 0. The number of hydrogen-bond donors (Lipinski definition) is 1. The number of aromatic nitrogens is 3. The fourth-order valence-corrected chi connectivity index (χ4v) is 2.67. The maximum absolute atomic E-state index is 4.30. The van der Waals surface area contributed by atoms with Crippen molar-refractivity contribution in [2.24, 2.45) is 0 Å². The third-order valence-corrected chi connectivity index (χ3v) is 3.94. The summed E-state index contributed by atoms with van der Waals surface area (Å²) in [6.07, 6.45) is 4.81. The van der Waals surface area contributed by atoms with Crippen molar-refractivity contribution < 1.29 is 0 Å². The zero-order valence-electron chi connectivity index (χ0n) is 12.4. The second-order valence-electron chi connectivity index (χ2n) is 5.20. The fourth-order valence-electron chi connectivity index (χ4n) is 2.67. The van der Waals surface area contributed by atoms with Gasteiger partial charge < -0.3 is 14.8 Å². The summed E-state index contributed by atoms with van der Waals surface area (Å²) < 4.78 is 2.29. The van der Waals surface area contributed by atoms with Crippen LogP contribution in [0.4, 0.5) is 0 Å². The molecule has 2 rings (SSSR count). The summed E-state index contributed by atoms with van der Waals surface area (Å²) in [5.74, 6) is 2.28. The first kappa shape index (κ1) is 14.5. The standard InChI is InChI=1S/C14H27N5/c1-3-18(4-2)10-7-9-15-12-14-17-16-13-8-5-6-11-19(13)14/h15H,3-12H2,1-2H3. The topological polar surface area (TPSA) is 46.0 Å². The maximum atomic E-state index is 4.30. The average molecular weight is 265 g/mol. The smallest absolute Gasteiger partial charge is 0.147 e. The number of nitrogens with zero attached hydrogens (tertiary/aromatic N) is 4. The molecule has 0 saturated heterocycles. The van der Waals surface area contributed by atoms with E-state index in [9.17, 15) is 0 Å². The molecular weight excluding hydrogens is 238 g/mol. The molecule has 1 N–H and O–H groups in total. The Balaban J connectivity index is 1.67. The van der Waals surface area contributed by atoms with E-state index in [0.29, 0.717) is 0 Å². The zero-order chi connectivity index (χ0) is 13.5. The minimum Gasteiger partial charge on any atom is -0.314 e. The lowest BCUT2D eigenvalue weighted by atomic mass is 10.2. The molecule has 1 aromatic heterocycles. The average Bonchev–Trinajstić information content (AvgIpc) is 2.86. The van der Waals surface area contributed by atoms with Crippen molar-refractivity contribution in [1.29, 1.82) is 0 Å². The van der Waals surface area contributed by atoms with Crippen LogP contribution in [0.2, 0.25) is 0 Å². The quantitative estimate of drug-likeness (QED) is 0.722. The normalized spacial score (nSPS) is 14.9. The van der Waals surface area contributed by atoms with Gasteiger partial charge in [-0.25, -0.2) is 0 Å². The van der Waals surface area contributed by atoms with Gasteiger partial charge in [-0.2, -0.15) is 0 Å². The van der Waals surface area contributed by atoms with Crippen LogP contribution in [0.5, 0.6) is 0 Å². The Morgan fingerprint density at radius 3 is 2.84 bits per heavy atom. The third kappa shape index (κ3) is 4.01. The summed E-state index contributed by atoms with van der Waals surface area (Å²) in [4.78, 5) is 2.46. The Kier molecular flexibility index (Phi) is 5.79. The molecule has 108 valence electrons. The van der Waals surface area contributed by atoms with Gasteiger partial charge in [0.05, 0.1) is 6.54 Å². The molecule has 0 bridgehead atoms. The van der Waals surface area contributed by atoms with Crippen molar-refractivity contribution in [2.45, 2.75) is 52.6 Å². The van der Waals surface area contributed by atoms with E-state index in [1.165, 1.54) is 31.6 Å². The number of fused-ring (bicyclic) bond motifs is 1. The lowest BCUT2D eigenvalue weighted by Crippen LogP contribution is -2.27.